The monoisotopic (exact) mass is 432 g/mol. The summed E-state index contributed by atoms with van der Waals surface area (Å²) in [6.07, 6.45) is 0.0481. The molecule has 1 atom stereocenters. The van der Waals surface area contributed by atoms with Crippen molar-refractivity contribution >= 4 is 11.7 Å². The van der Waals surface area contributed by atoms with E-state index in [2.05, 4.69) is 0 Å². The predicted molar refractivity (Wildman–Crippen MR) is 125 cm³/mol. The van der Waals surface area contributed by atoms with Gasteiger partial charge in [0.2, 0.25) is 0 Å². The van der Waals surface area contributed by atoms with Gasteiger partial charge in [0.25, 0.3) is 0 Å². The van der Waals surface area contributed by atoms with Crippen molar-refractivity contribution in [1.82, 2.24) is 4.90 Å². The lowest BCUT2D eigenvalue weighted by atomic mass is 10.0. The number of carboxylic acid groups (broad SMARTS) is 1. The third-order valence-electron chi connectivity index (χ3n) is 5.09. The third kappa shape index (κ3) is 6.68. The molecule has 3 aromatic rings. The van der Waals surface area contributed by atoms with Crippen molar-refractivity contribution in [3.05, 3.63) is 95.6 Å². The van der Waals surface area contributed by atoms with Crippen molar-refractivity contribution < 1.29 is 19.4 Å². The Hall–Kier alpha value is -3.64. The summed E-state index contributed by atoms with van der Waals surface area (Å²) < 4.78 is 11.6. The number of carboxylic acids is 1. The molecule has 0 aromatic heterocycles. The summed E-state index contributed by atoms with van der Waals surface area (Å²) in [6, 6.07) is 24.5. The summed E-state index contributed by atoms with van der Waals surface area (Å²) in [4.78, 5) is 13.0. The summed E-state index contributed by atoms with van der Waals surface area (Å²) in [7, 11) is 3.74. The topological polar surface area (TPSA) is 82.9 Å². The van der Waals surface area contributed by atoms with Crippen LogP contribution in [0.1, 0.15) is 29.2 Å². The molecule has 0 saturated heterocycles. The van der Waals surface area contributed by atoms with Crippen molar-refractivity contribution in [3.63, 3.8) is 0 Å². The predicted octanol–water partition coefficient (Wildman–Crippen LogP) is 4.79. The first kappa shape index (κ1) is 23.0. The van der Waals surface area contributed by atoms with Crippen LogP contribution < -0.4 is 9.47 Å². The van der Waals surface area contributed by atoms with Crippen LogP contribution in [0.3, 0.4) is 0 Å². The number of benzene rings is 3. The molecule has 0 radical (unpaired) electrons. The number of rotatable bonds is 11. The Morgan fingerprint density at radius 1 is 0.906 bits per heavy atom. The summed E-state index contributed by atoms with van der Waals surface area (Å²) in [5, 5.41) is 17.2. The number of nitrogens with zero attached hydrogens (tertiary/aromatic N) is 1. The van der Waals surface area contributed by atoms with Crippen LogP contribution in [0.5, 0.6) is 11.5 Å². The molecule has 0 amide bonds. The minimum absolute atomic E-state index is 0.0481. The molecule has 0 spiro atoms. The van der Waals surface area contributed by atoms with Gasteiger partial charge in [0.15, 0.2) is 0 Å². The number of aliphatic carboxylic acids is 1. The Labute approximate surface area is 188 Å². The summed E-state index contributed by atoms with van der Waals surface area (Å²) in [5.41, 5.74) is 3.22. The van der Waals surface area contributed by atoms with E-state index in [-0.39, 0.29) is 19.1 Å². The molecule has 0 fully saturated rings. The van der Waals surface area contributed by atoms with Crippen LogP contribution in [-0.4, -0.2) is 42.4 Å². The van der Waals surface area contributed by atoms with Crippen LogP contribution in [-0.2, 0) is 11.4 Å². The number of ether oxygens (including phenoxy) is 2. The fourth-order valence-corrected chi connectivity index (χ4v) is 3.28. The average Bonchev–Trinajstić information content (AvgIpc) is 2.81. The zero-order valence-electron chi connectivity index (χ0n) is 18.3. The SMILES string of the molecule is CN(C)C(CC(=O)O)c1ccc(OCc2ccc(OCC(=N)c3ccccc3)cc2)cc1. The van der Waals surface area contributed by atoms with Gasteiger partial charge in [-0.05, 0) is 55.1 Å². The van der Waals surface area contributed by atoms with E-state index in [1.54, 1.807) is 0 Å². The van der Waals surface area contributed by atoms with Crippen LogP contribution in [0.4, 0.5) is 0 Å². The van der Waals surface area contributed by atoms with Gasteiger partial charge in [0.05, 0.1) is 12.1 Å². The van der Waals surface area contributed by atoms with Gasteiger partial charge < -0.3 is 24.9 Å². The number of carbonyl (C=O) groups is 1. The lowest BCUT2D eigenvalue weighted by Crippen LogP contribution is -2.22. The molecule has 2 N–H and O–H groups in total. The van der Waals surface area contributed by atoms with Crippen molar-refractivity contribution in [3.8, 4) is 11.5 Å². The van der Waals surface area contributed by atoms with E-state index in [9.17, 15) is 4.79 Å². The van der Waals surface area contributed by atoms with Crippen molar-refractivity contribution in [2.45, 2.75) is 19.1 Å². The minimum Gasteiger partial charge on any atom is -0.489 e. The molecule has 1 unspecified atom stereocenters. The van der Waals surface area contributed by atoms with Crippen LogP contribution in [0.15, 0.2) is 78.9 Å². The molecule has 0 aliphatic carbocycles. The second kappa shape index (κ2) is 11.1. The van der Waals surface area contributed by atoms with Crippen LogP contribution in [0.2, 0.25) is 0 Å². The standard InChI is InChI=1S/C26H28N2O4/c1-28(2)25(16-26(29)30)21-10-14-23(15-11-21)31-17-19-8-12-22(13-9-19)32-18-24(27)20-6-4-3-5-7-20/h3-15,25,27H,16-18H2,1-2H3,(H,29,30). The van der Waals surface area contributed by atoms with Gasteiger partial charge >= 0.3 is 5.97 Å². The fraction of sp³-hybridized carbons (Fsp3) is 0.231. The maximum absolute atomic E-state index is 11.1. The molecule has 3 aromatic carbocycles. The van der Waals surface area contributed by atoms with Gasteiger partial charge in [-0.25, -0.2) is 0 Å². The Bertz CT molecular complexity index is 1020. The van der Waals surface area contributed by atoms with E-state index in [4.69, 9.17) is 20.0 Å². The highest BCUT2D eigenvalue weighted by Gasteiger charge is 2.17. The zero-order chi connectivity index (χ0) is 22.9. The van der Waals surface area contributed by atoms with Gasteiger partial charge in [-0.3, -0.25) is 4.79 Å². The maximum Gasteiger partial charge on any atom is 0.305 e. The molecule has 6 heteroatoms. The zero-order valence-corrected chi connectivity index (χ0v) is 18.3. The largest absolute Gasteiger partial charge is 0.489 e. The second-order valence-electron chi connectivity index (χ2n) is 7.71. The van der Waals surface area contributed by atoms with Crippen molar-refractivity contribution in [2.24, 2.45) is 0 Å². The van der Waals surface area contributed by atoms with Gasteiger partial charge in [-0.15, -0.1) is 0 Å². The lowest BCUT2D eigenvalue weighted by molar-refractivity contribution is -0.138. The number of hydrogen-bond donors (Lipinski definition) is 2. The molecular weight excluding hydrogens is 404 g/mol. The molecule has 3 rings (SSSR count). The molecule has 6 nitrogen and oxygen atoms in total. The molecule has 0 bridgehead atoms. The highest BCUT2D eigenvalue weighted by atomic mass is 16.5. The number of hydrogen-bond acceptors (Lipinski definition) is 5. The molecule has 0 heterocycles. The smallest absolute Gasteiger partial charge is 0.305 e. The van der Waals surface area contributed by atoms with Crippen molar-refractivity contribution in [1.29, 1.82) is 5.41 Å². The Balaban J connectivity index is 1.50. The quantitative estimate of drug-likeness (QED) is 0.426. The van der Waals surface area contributed by atoms with Crippen molar-refractivity contribution in [2.75, 3.05) is 20.7 Å². The Morgan fingerprint density at radius 2 is 1.50 bits per heavy atom. The van der Waals surface area contributed by atoms with E-state index in [1.165, 1.54) is 0 Å². The van der Waals surface area contributed by atoms with Gasteiger partial charge in [-0.2, -0.15) is 0 Å². The van der Waals surface area contributed by atoms with Crippen LogP contribution in [0, 0.1) is 5.41 Å². The Kier molecular flexibility index (Phi) is 8.00. The molecule has 32 heavy (non-hydrogen) atoms. The highest BCUT2D eigenvalue weighted by Crippen LogP contribution is 2.25. The first-order chi connectivity index (χ1) is 15.4. The Morgan fingerprint density at radius 3 is 2.09 bits per heavy atom. The molecule has 0 aliphatic rings. The van der Waals surface area contributed by atoms with Crippen LogP contribution in [0.25, 0.3) is 0 Å². The minimum atomic E-state index is -0.826. The van der Waals surface area contributed by atoms with Gasteiger partial charge in [0.1, 0.15) is 24.7 Å². The second-order valence-corrected chi connectivity index (χ2v) is 7.71. The number of nitrogens with one attached hydrogen (secondary N) is 1. The molecule has 166 valence electrons. The normalized spacial score (nSPS) is 11.7. The van der Waals surface area contributed by atoms with E-state index >= 15 is 0 Å². The maximum atomic E-state index is 11.1. The van der Waals surface area contributed by atoms with Gasteiger partial charge in [-0.1, -0.05) is 54.6 Å². The fourth-order valence-electron chi connectivity index (χ4n) is 3.28. The van der Waals surface area contributed by atoms with E-state index < -0.39 is 5.97 Å². The lowest BCUT2D eigenvalue weighted by Gasteiger charge is -2.23. The first-order valence-electron chi connectivity index (χ1n) is 10.4. The average molecular weight is 433 g/mol. The highest BCUT2D eigenvalue weighted by molar-refractivity contribution is 5.99. The van der Waals surface area contributed by atoms with Gasteiger partial charge in [0, 0.05) is 6.04 Å². The van der Waals surface area contributed by atoms with E-state index in [0.717, 1.165) is 22.4 Å². The molecule has 0 aliphatic heterocycles. The van der Waals surface area contributed by atoms with E-state index in [0.29, 0.717) is 18.1 Å². The third-order valence-corrected chi connectivity index (χ3v) is 5.09. The summed E-state index contributed by atoms with van der Waals surface area (Å²) in [6.45, 7) is 0.619. The van der Waals surface area contributed by atoms with Crippen LogP contribution >= 0.6 is 0 Å². The summed E-state index contributed by atoms with van der Waals surface area (Å²) >= 11 is 0. The first-order valence-corrected chi connectivity index (χ1v) is 10.4. The van der Waals surface area contributed by atoms with E-state index in [1.807, 2.05) is 97.9 Å². The summed E-state index contributed by atoms with van der Waals surface area (Å²) in [5.74, 6) is 0.596. The molecular formula is C26H28N2O4. The molecule has 0 saturated carbocycles.